The molecule has 136 valence electrons. The van der Waals surface area contributed by atoms with Gasteiger partial charge < -0.3 is 5.32 Å². The molecule has 1 aromatic carbocycles. The summed E-state index contributed by atoms with van der Waals surface area (Å²) in [6.07, 6.45) is 4.82. The molecule has 4 rings (SSSR count). The smallest absolute Gasteiger partial charge is 0.244 e. The molecule has 2 bridgehead atoms. The van der Waals surface area contributed by atoms with Crippen molar-refractivity contribution >= 4 is 33.4 Å². The van der Waals surface area contributed by atoms with Crippen LogP contribution in [0, 0.1) is 23.7 Å². The van der Waals surface area contributed by atoms with Gasteiger partial charge in [0, 0.05) is 5.69 Å². The maximum Gasteiger partial charge on any atom is 0.244 e. The number of rotatable bonds is 4. The monoisotopic (exact) mass is 375 g/mol. The molecule has 0 unspecified atom stereocenters. The second-order valence-electron chi connectivity index (χ2n) is 6.88. The van der Waals surface area contributed by atoms with Crippen LogP contribution < -0.4 is 10.5 Å². The van der Waals surface area contributed by atoms with Crippen molar-refractivity contribution in [3.8, 4) is 0 Å². The normalized spacial score (nSPS) is 29.3. The number of primary sulfonamides is 1. The van der Waals surface area contributed by atoms with Gasteiger partial charge in [0.2, 0.25) is 27.7 Å². The number of benzene rings is 1. The molecule has 1 saturated carbocycles. The fourth-order valence-electron chi connectivity index (χ4n) is 4.19. The van der Waals surface area contributed by atoms with Gasteiger partial charge in [0.15, 0.2) is 0 Å². The molecule has 0 radical (unpaired) electrons. The number of hydrogen-bond acceptors (Lipinski definition) is 5. The van der Waals surface area contributed by atoms with Crippen molar-refractivity contribution in [1.82, 2.24) is 4.90 Å². The van der Waals surface area contributed by atoms with E-state index in [-0.39, 0.29) is 46.9 Å². The van der Waals surface area contributed by atoms with E-state index in [1.54, 1.807) is 0 Å². The molecule has 0 aromatic heterocycles. The third-order valence-electron chi connectivity index (χ3n) is 5.33. The number of carbonyl (C=O) groups is 3. The number of carbonyl (C=O) groups excluding carboxylic acids is 3. The highest BCUT2D eigenvalue weighted by Crippen LogP contribution is 2.52. The van der Waals surface area contributed by atoms with Crippen LogP contribution in [0.15, 0.2) is 41.3 Å². The second-order valence-corrected chi connectivity index (χ2v) is 8.44. The fraction of sp³-hybridized carbons (Fsp3) is 0.353. The summed E-state index contributed by atoms with van der Waals surface area (Å²) in [7, 11) is -3.81. The first kappa shape index (κ1) is 16.9. The summed E-state index contributed by atoms with van der Waals surface area (Å²) >= 11 is 0. The van der Waals surface area contributed by atoms with Crippen LogP contribution in [0.4, 0.5) is 5.69 Å². The molecule has 4 atom stereocenters. The van der Waals surface area contributed by atoms with Crippen molar-refractivity contribution in [1.29, 1.82) is 0 Å². The van der Waals surface area contributed by atoms with Gasteiger partial charge in [0.1, 0.15) is 6.54 Å². The number of allylic oxidation sites excluding steroid dienone is 2. The average molecular weight is 375 g/mol. The number of nitrogens with two attached hydrogens (primary N) is 1. The molecular weight excluding hydrogens is 358 g/mol. The average Bonchev–Trinajstić information content (AvgIpc) is 3.24. The minimum atomic E-state index is -3.81. The largest absolute Gasteiger partial charge is 0.325 e. The molecular formula is C17H17N3O5S. The lowest BCUT2D eigenvalue weighted by atomic mass is 9.85. The van der Waals surface area contributed by atoms with Gasteiger partial charge in [-0.25, -0.2) is 13.6 Å². The van der Waals surface area contributed by atoms with Gasteiger partial charge in [0.25, 0.3) is 0 Å². The Hall–Kier alpha value is -2.52. The summed E-state index contributed by atoms with van der Waals surface area (Å²) in [6.45, 7) is -0.346. The standard InChI is InChI=1S/C17H17N3O5S/c18-26(24,25)12-5-3-11(4-6-12)19-13(21)8-20-16(22)14-9-1-2-10(7-9)15(14)17(20)23/h1-6,9-10,14-15H,7-8H2,(H,19,21)(H2,18,24,25)/t9-,10+,14-,15-/m0/s1. The minimum absolute atomic E-state index is 0.0730. The van der Waals surface area contributed by atoms with Crippen LogP contribution in [0.2, 0.25) is 0 Å². The zero-order valence-electron chi connectivity index (χ0n) is 13.7. The highest BCUT2D eigenvalue weighted by molar-refractivity contribution is 7.89. The number of imide groups is 1. The predicted molar refractivity (Wildman–Crippen MR) is 90.9 cm³/mol. The van der Waals surface area contributed by atoms with Gasteiger partial charge in [-0.05, 0) is 42.5 Å². The van der Waals surface area contributed by atoms with Crippen molar-refractivity contribution in [3.05, 3.63) is 36.4 Å². The minimum Gasteiger partial charge on any atom is -0.325 e. The molecule has 9 heteroatoms. The Bertz CT molecular complexity index is 908. The fourth-order valence-corrected chi connectivity index (χ4v) is 4.71. The summed E-state index contributed by atoms with van der Waals surface area (Å²) in [4.78, 5) is 38.3. The number of amides is 3. The highest BCUT2D eigenvalue weighted by atomic mass is 32.2. The molecule has 2 aliphatic carbocycles. The first-order valence-electron chi connectivity index (χ1n) is 8.22. The van der Waals surface area contributed by atoms with Crippen LogP contribution in [-0.4, -0.2) is 37.6 Å². The zero-order valence-corrected chi connectivity index (χ0v) is 14.5. The van der Waals surface area contributed by atoms with E-state index in [1.807, 2.05) is 12.2 Å². The van der Waals surface area contributed by atoms with Crippen molar-refractivity contribution in [2.75, 3.05) is 11.9 Å². The van der Waals surface area contributed by atoms with Gasteiger partial charge in [-0.2, -0.15) is 0 Å². The Morgan fingerprint density at radius 3 is 2.12 bits per heavy atom. The third-order valence-corrected chi connectivity index (χ3v) is 6.26. The van der Waals surface area contributed by atoms with E-state index >= 15 is 0 Å². The van der Waals surface area contributed by atoms with Gasteiger partial charge in [-0.1, -0.05) is 12.2 Å². The second kappa shape index (κ2) is 5.75. The number of sulfonamides is 1. The molecule has 26 heavy (non-hydrogen) atoms. The Morgan fingerprint density at radius 1 is 1.08 bits per heavy atom. The number of nitrogens with zero attached hydrogens (tertiary/aromatic N) is 1. The molecule has 0 spiro atoms. The molecule has 8 nitrogen and oxygen atoms in total. The molecule has 1 heterocycles. The van der Waals surface area contributed by atoms with Crippen LogP contribution in [0.5, 0.6) is 0 Å². The molecule has 3 N–H and O–H groups in total. The molecule has 1 aromatic rings. The van der Waals surface area contributed by atoms with Gasteiger partial charge >= 0.3 is 0 Å². The summed E-state index contributed by atoms with van der Waals surface area (Å²) in [5, 5.41) is 7.57. The van der Waals surface area contributed by atoms with E-state index < -0.39 is 15.9 Å². The summed E-state index contributed by atoms with van der Waals surface area (Å²) in [6, 6.07) is 5.32. The molecule has 1 aliphatic heterocycles. The topological polar surface area (TPSA) is 127 Å². The quantitative estimate of drug-likeness (QED) is 0.569. The predicted octanol–water partition coefficient (Wildman–Crippen LogP) is 0.0796. The highest BCUT2D eigenvalue weighted by Gasteiger charge is 2.59. The van der Waals surface area contributed by atoms with Crippen molar-refractivity contribution < 1.29 is 22.8 Å². The lowest BCUT2D eigenvalue weighted by Crippen LogP contribution is -2.39. The van der Waals surface area contributed by atoms with Crippen LogP contribution in [0.25, 0.3) is 0 Å². The number of fused-ring (bicyclic) bond motifs is 5. The first-order chi connectivity index (χ1) is 12.3. The molecule has 2 fully saturated rings. The first-order valence-corrected chi connectivity index (χ1v) is 9.76. The van der Waals surface area contributed by atoms with E-state index in [0.29, 0.717) is 5.69 Å². The summed E-state index contributed by atoms with van der Waals surface area (Å²) < 4.78 is 22.5. The number of nitrogens with one attached hydrogen (secondary N) is 1. The summed E-state index contributed by atoms with van der Waals surface area (Å²) in [5.41, 5.74) is 0.350. The SMILES string of the molecule is NS(=O)(=O)c1ccc(NC(=O)CN2C(=O)[C@@H]3[C@@H](C2=O)[C@H]2C=C[C@@H]3C2)cc1. The van der Waals surface area contributed by atoms with Crippen LogP contribution in [0.1, 0.15) is 6.42 Å². The lowest BCUT2D eigenvalue weighted by molar-refractivity contribution is -0.143. The van der Waals surface area contributed by atoms with Crippen molar-refractivity contribution in [2.24, 2.45) is 28.8 Å². The van der Waals surface area contributed by atoms with Gasteiger partial charge in [0.05, 0.1) is 16.7 Å². The van der Waals surface area contributed by atoms with E-state index in [1.165, 1.54) is 24.3 Å². The van der Waals surface area contributed by atoms with Crippen LogP contribution in [-0.2, 0) is 24.4 Å². The third kappa shape index (κ3) is 2.63. The Kier molecular flexibility index (Phi) is 3.74. The number of likely N-dealkylation sites (tertiary alicyclic amines) is 1. The van der Waals surface area contributed by atoms with E-state index in [9.17, 15) is 22.8 Å². The van der Waals surface area contributed by atoms with Crippen LogP contribution in [0.3, 0.4) is 0 Å². The van der Waals surface area contributed by atoms with Gasteiger partial charge in [-0.15, -0.1) is 0 Å². The van der Waals surface area contributed by atoms with E-state index in [0.717, 1.165) is 11.3 Å². The lowest BCUT2D eigenvalue weighted by Gasteiger charge is -2.16. The summed E-state index contributed by atoms with van der Waals surface area (Å²) in [5.74, 6) is -1.55. The maximum absolute atomic E-state index is 12.5. The number of anilines is 1. The molecule has 3 aliphatic rings. The van der Waals surface area contributed by atoms with E-state index in [2.05, 4.69) is 5.32 Å². The number of hydrogen-bond donors (Lipinski definition) is 2. The molecule has 1 saturated heterocycles. The Labute approximate surface area is 150 Å². The van der Waals surface area contributed by atoms with Crippen molar-refractivity contribution in [2.45, 2.75) is 11.3 Å². The maximum atomic E-state index is 12.5. The zero-order chi connectivity index (χ0) is 18.6. The molecule has 3 amide bonds. The van der Waals surface area contributed by atoms with Crippen molar-refractivity contribution in [3.63, 3.8) is 0 Å². The van der Waals surface area contributed by atoms with Gasteiger partial charge in [-0.3, -0.25) is 19.3 Å². The van der Waals surface area contributed by atoms with E-state index in [4.69, 9.17) is 5.14 Å². The van der Waals surface area contributed by atoms with Crippen LogP contribution >= 0.6 is 0 Å². The Morgan fingerprint density at radius 2 is 1.62 bits per heavy atom. The Balaban J connectivity index is 1.43.